The zero-order valence-electron chi connectivity index (χ0n) is 11.6. The summed E-state index contributed by atoms with van der Waals surface area (Å²) in [6, 6.07) is 7.86. The molecule has 5 heteroatoms. The van der Waals surface area contributed by atoms with Crippen LogP contribution in [0.5, 0.6) is 0 Å². The zero-order chi connectivity index (χ0) is 14.7. The van der Waals surface area contributed by atoms with Crippen molar-refractivity contribution in [1.29, 1.82) is 0 Å². The highest BCUT2D eigenvalue weighted by Crippen LogP contribution is 2.05. The van der Waals surface area contributed by atoms with Crippen LogP contribution in [0.4, 0.5) is 0 Å². The number of hydrogen-bond donors (Lipinski definition) is 0. The third-order valence-corrected chi connectivity index (χ3v) is 3.82. The number of aromatic nitrogens is 2. The van der Waals surface area contributed by atoms with Gasteiger partial charge < -0.3 is 0 Å². The highest BCUT2D eigenvalue weighted by Gasteiger charge is 2.09. The molecule has 0 bridgehead atoms. The van der Waals surface area contributed by atoms with Gasteiger partial charge in [0.25, 0.3) is 5.56 Å². The third-order valence-electron chi connectivity index (χ3n) is 3.08. The first-order valence-corrected chi connectivity index (χ1v) is 7.66. The van der Waals surface area contributed by atoms with Gasteiger partial charge in [-0.05, 0) is 41.5 Å². The molecular formula is C15H17IN2O2. The highest BCUT2D eigenvalue weighted by molar-refractivity contribution is 14.1. The van der Waals surface area contributed by atoms with E-state index in [1.807, 2.05) is 60.7 Å². The summed E-state index contributed by atoms with van der Waals surface area (Å²) in [5, 5.41) is 0. The Morgan fingerprint density at radius 2 is 2.00 bits per heavy atom. The highest BCUT2D eigenvalue weighted by atomic mass is 127. The molecule has 1 heterocycles. The second kappa shape index (κ2) is 6.39. The van der Waals surface area contributed by atoms with Gasteiger partial charge in [0, 0.05) is 12.7 Å². The van der Waals surface area contributed by atoms with E-state index in [0.29, 0.717) is 16.7 Å². The number of benzene rings is 1. The lowest BCUT2D eigenvalue weighted by Gasteiger charge is -2.11. The molecule has 0 aliphatic carbocycles. The van der Waals surface area contributed by atoms with Crippen molar-refractivity contribution in [2.75, 3.05) is 0 Å². The summed E-state index contributed by atoms with van der Waals surface area (Å²) in [5.74, 6) is 0. The number of aryl methyl sites for hydroxylation is 2. The summed E-state index contributed by atoms with van der Waals surface area (Å²) in [7, 11) is 0. The topological polar surface area (TPSA) is 44.0 Å². The standard InChI is InChI=1S/C15H17IN2O2/c1-3-7-17-10-13(16)14(19)18(15(17)20)9-12-6-4-5-11(2)8-12/h4-6,8,10H,3,7,9H2,1-2H3. The molecule has 0 amide bonds. The van der Waals surface area contributed by atoms with E-state index in [9.17, 15) is 9.59 Å². The van der Waals surface area contributed by atoms with Gasteiger partial charge in [0.05, 0.1) is 10.1 Å². The normalized spacial score (nSPS) is 10.8. The molecule has 0 saturated heterocycles. The van der Waals surface area contributed by atoms with Crippen LogP contribution in [-0.2, 0) is 13.1 Å². The SMILES string of the molecule is CCCn1cc(I)c(=O)n(Cc2cccc(C)c2)c1=O. The van der Waals surface area contributed by atoms with Crippen LogP contribution in [-0.4, -0.2) is 9.13 Å². The van der Waals surface area contributed by atoms with Crippen molar-refractivity contribution in [3.8, 4) is 0 Å². The lowest BCUT2D eigenvalue weighted by molar-refractivity contribution is 0.566. The summed E-state index contributed by atoms with van der Waals surface area (Å²) in [5.41, 5.74) is 1.63. The van der Waals surface area contributed by atoms with Gasteiger partial charge in [0.15, 0.2) is 0 Å². The van der Waals surface area contributed by atoms with Gasteiger partial charge in [0.2, 0.25) is 0 Å². The Morgan fingerprint density at radius 3 is 2.65 bits per heavy atom. The lowest BCUT2D eigenvalue weighted by Crippen LogP contribution is -2.41. The van der Waals surface area contributed by atoms with Gasteiger partial charge >= 0.3 is 5.69 Å². The molecule has 2 aromatic rings. The van der Waals surface area contributed by atoms with Crippen LogP contribution in [0.1, 0.15) is 24.5 Å². The van der Waals surface area contributed by atoms with Gasteiger partial charge in [-0.2, -0.15) is 0 Å². The van der Waals surface area contributed by atoms with Gasteiger partial charge in [-0.3, -0.25) is 13.9 Å². The molecule has 106 valence electrons. The Balaban J connectivity index is 2.51. The van der Waals surface area contributed by atoms with Crippen molar-refractivity contribution >= 4 is 22.6 Å². The van der Waals surface area contributed by atoms with Crippen LogP contribution < -0.4 is 11.2 Å². The first-order valence-electron chi connectivity index (χ1n) is 6.58. The van der Waals surface area contributed by atoms with E-state index in [1.165, 1.54) is 4.57 Å². The Labute approximate surface area is 131 Å². The molecule has 0 fully saturated rings. The van der Waals surface area contributed by atoms with Crippen molar-refractivity contribution in [1.82, 2.24) is 9.13 Å². The van der Waals surface area contributed by atoms with Crippen LogP contribution in [0, 0.1) is 10.5 Å². The molecule has 1 aromatic heterocycles. The summed E-state index contributed by atoms with van der Waals surface area (Å²) in [6.45, 7) is 4.95. The minimum absolute atomic E-state index is 0.218. The summed E-state index contributed by atoms with van der Waals surface area (Å²) in [6.07, 6.45) is 2.50. The quantitative estimate of drug-likeness (QED) is 0.760. The molecule has 0 atom stereocenters. The monoisotopic (exact) mass is 384 g/mol. The number of rotatable bonds is 4. The fraction of sp³-hybridized carbons (Fsp3) is 0.333. The predicted molar refractivity (Wildman–Crippen MR) is 88.3 cm³/mol. The van der Waals surface area contributed by atoms with E-state index < -0.39 is 0 Å². The molecule has 0 saturated carbocycles. The first-order chi connectivity index (χ1) is 9.52. The van der Waals surface area contributed by atoms with E-state index in [2.05, 4.69) is 0 Å². The minimum Gasteiger partial charge on any atom is -0.299 e. The van der Waals surface area contributed by atoms with Crippen molar-refractivity contribution in [2.24, 2.45) is 0 Å². The largest absolute Gasteiger partial charge is 0.331 e. The molecule has 4 nitrogen and oxygen atoms in total. The van der Waals surface area contributed by atoms with E-state index in [-0.39, 0.29) is 11.2 Å². The Bertz CT molecular complexity index is 731. The smallest absolute Gasteiger partial charge is 0.299 e. The number of nitrogens with zero attached hydrogens (tertiary/aromatic N) is 2. The second-order valence-electron chi connectivity index (χ2n) is 4.83. The van der Waals surface area contributed by atoms with Crippen LogP contribution in [0.25, 0.3) is 0 Å². The van der Waals surface area contributed by atoms with Crippen LogP contribution in [0.3, 0.4) is 0 Å². The average molecular weight is 384 g/mol. The van der Waals surface area contributed by atoms with Gasteiger partial charge in [0.1, 0.15) is 0 Å². The molecule has 0 aliphatic rings. The molecule has 0 spiro atoms. The van der Waals surface area contributed by atoms with E-state index in [1.54, 1.807) is 10.8 Å². The van der Waals surface area contributed by atoms with Gasteiger partial charge in [-0.1, -0.05) is 36.8 Å². The maximum Gasteiger partial charge on any atom is 0.331 e. The second-order valence-corrected chi connectivity index (χ2v) is 6.00. The molecule has 20 heavy (non-hydrogen) atoms. The van der Waals surface area contributed by atoms with Crippen molar-refractivity contribution in [3.63, 3.8) is 0 Å². The van der Waals surface area contributed by atoms with Crippen LogP contribution >= 0.6 is 22.6 Å². The fourth-order valence-electron chi connectivity index (χ4n) is 2.15. The summed E-state index contributed by atoms with van der Waals surface area (Å²) >= 11 is 1.99. The fourth-order valence-corrected chi connectivity index (χ4v) is 2.78. The summed E-state index contributed by atoms with van der Waals surface area (Å²) < 4.78 is 3.49. The van der Waals surface area contributed by atoms with Crippen molar-refractivity contribution in [2.45, 2.75) is 33.4 Å². The molecule has 0 aliphatic heterocycles. The predicted octanol–water partition coefficient (Wildman–Crippen LogP) is 2.38. The summed E-state index contributed by atoms with van der Waals surface area (Å²) in [4.78, 5) is 24.5. The van der Waals surface area contributed by atoms with E-state index in [0.717, 1.165) is 17.5 Å². The maximum absolute atomic E-state index is 12.3. The molecule has 0 unspecified atom stereocenters. The molecule has 0 radical (unpaired) electrons. The zero-order valence-corrected chi connectivity index (χ0v) is 13.8. The Hall–Kier alpha value is -1.37. The van der Waals surface area contributed by atoms with Crippen LogP contribution in [0.2, 0.25) is 0 Å². The lowest BCUT2D eigenvalue weighted by atomic mass is 10.1. The number of hydrogen-bond acceptors (Lipinski definition) is 2. The Morgan fingerprint density at radius 1 is 1.25 bits per heavy atom. The molecular weight excluding hydrogens is 367 g/mol. The molecule has 0 N–H and O–H groups in total. The van der Waals surface area contributed by atoms with Crippen molar-refractivity contribution in [3.05, 3.63) is 66.0 Å². The molecule has 1 aromatic carbocycles. The van der Waals surface area contributed by atoms with Crippen LogP contribution in [0.15, 0.2) is 40.1 Å². The Kier molecular flexibility index (Phi) is 4.80. The van der Waals surface area contributed by atoms with Crippen molar-refractivity contribution < 1.29 is 0 Å². The minimum atomic E-state index is -0.237. The average Bonchev–Trinajstić information content (AvgIpc) is 2.41. The van der Waals surface area contributed by atoms with E-state index >= 15 is 0 Å². The van der Waals surface area contributed by atoms with Gasteiger partial charge in [-0.25, -0.2) is 4.79 Å². The van der Waals surface area contributed by atoms with E-state index in [4.69, 9.17) is 0 Å². The third kappa shape index (κ3) is 3.20. The first kappa shape index (κ1) is 15.0. The number of halogens is 1. The van der Waals surface area contributed by atoms with Gasteiger partial charge in [-0.15, -0.1) is 0 Å². The molecule has 2 rings (SSSR count). The maximum atomic E-state index is 12.3.